The number of amides is 2. The SMILES string of the molecule is COCCNC(=O)[C@@H](NC(=O)Cc1ccccc1)C(C)C. The minimum atomic E-state index is -0.530. The normalized spacial score (nSPS) is 12.0. The molecular weight excluding hydrogens is 268 g/mol. The second kappa shape index (κ2) is 9.13. The Morgan fingerprint density at radius 3 is 2.43 bits per heavy atom. The van der Waals surface area contributed by atoms with Gasteiger partial charge in [0.2, 0.25) is 11.8 Å². The summed E-state index contributed by atoms with van der Waals surface area (Å²) in [5, 5.41) is 5.56. The van der Waals surface area contributed by atoms with Crippen molar-refractivity contribution in [2.75, 3.05) is 20.3 Å². The molecule has 0 unspecified atom stereocenters. The van der Waals surface area contributed by atoms with Crippen LogP contribution in [0.4, 0.5) is 0 Å². The van der Waals surface area contributed by atoms with E-state index in [1.54, 1.807) is 7.11 Å². The lowest BCUT2D eigenvalue weighted by molar-refractivity contribution is -0.129. The largest absolute Gasteiger partial charge is 0.383 e. The smallest absolute Gasteiger partial charge is 0.242 e. The average Bonchev–Trinajstić information content (AvgIpc) is 2.45. The summed E-state index contributed by atoms with van der Waals surface area (Å²) in [6.07, 6.45) is 0.273. The Kier molecular flexibility index (Phi) is 7.46. The molecule has 0 aliphatic heterocycles. The van der Waals surface area contributed by atoms with Gasteiger partial charge >= 0.3 is 0 Å². The van der Waals surface area contributed by atoms with Crippen LogP contribution in [0.1, 0.15) is 19.4 Å². The molecule has 1 rings (SSSR count). The predicted octanol–water partition coefficient (Wildman–Crippen LogP) is 1.13. The highest BCUT2D eigenvalue weighted by molar-refractivity contribution is 5.88. The number of methoxy groups -OCH3 is 1. The van der Waals surface area contributed by atoms with E-state index in [9.17, 15) is 9.59 Å². The second-order valence-electron chi connectivity index (χ2n) is 5.24. The molecule has 1 aromatic rings. The fourth-order valence-electron chi connectivity index (χ4n) is 1.93. The van der Waals surface area contributed by atoms with Crippen LogP contribution in [-0.2, 0) is 20.7 Å². The first-order valence-corrected chi connectivity index (χ1v) is 7.14. The number of hydrogen-bond donors (Lipinski definition) is 2. The second-order valence-corrected chi connectivity index (χ2v) is 5.24. The maximum Gasteiger partial charge on any atom is 0.242 e. The lowest BCUT2D eigenvalue weighted by atomic mass is 10.0. The van der Waals surface area contributed by atoms with Gasteiger partial charge in [0.25, 0.3) is 0 Å². The van der Waals surface area contributed by atoms with Gasteiger partial charge in [0.1, 0.15) is 6.04 Å². The number of benzene rings is 1. The number of rotatable bonds is 8. The summed E-state index contributed by atoms with van der Waals surface area (Å²) in [6.45, 7) is 4.70. The summed E-state index contributed by atoms with van der Waals surface area (Å²) in [4.78, 5) is 24.1. The Hall–Kier alpha value is -1.88. The third-order valence-electron chi connectivity index (χ3n) is 3.08. The molecule has 0 heterocycles. The van der Waals surface area contributed by atoms with Crippen LogP contribution < -0.4 is 10.6 Å². The van der Waals surface area contributed by atoms with E-state index in [4.69, 9.17) is 4.74 Å². The molecule has 0 aromatic heterocycles. The van der Waals surface area contributed by atoms with E-state index < -0.39 is 6.04 Å². The Bertz CT molecular complexity index is 446. The topological polar surface area (TPSA) is 67.4 Å². The summed E-state index contributed by atoms with van der Waals surface area (Å²) < 4.78 is 4.89. The first kappa shape index (κ1) is 17.2. The molecule has 116 valence electrons. The molecule has 0 fully saturated rings. The van der Waals surface area contributed by atoms with Crippen LogP contribution in [0.5, 0.6) is 0 Å². The minimum absolute atomic E-state index is 0.0206. The van der Waals surface area contributed by atoms with Crippen LogP contribution in [0, 0.1) is 5.92 Å². The molecule has 0 aliphatic rings. The zero-order valence-corrected chi connectivity index (χ0v) is 12.9. The Morgan fingerprint density at radius 2 is 1.86 bits per heavy atom. The molecule has 2 amide bonds. The van der Waals surface area contributed by atoms with E-state index in [1.807, 2.05) is 44.2 Å². The lowest BCUT2D eigenvalue weighted by Crippen LogP contribution is -2.50. The van der Waals surface area contributed by atoms with Crippen molar-refractivity contribution in [3.63, 3.8) is 0 Å². The van der Waals surface area contributed by atoms with Crippen LogP contribution in [0.2, 0.25) is 0 Å². The summed E-state index contributed by atoms with van der Waals surface area (Å²) >= 11 is 0. The molecule has 0 bridgehead atoms. The Morgan fingerprint density at radius 1 is 1.19 bits per heavy atom. The fraction of sp³-hybridized carbons (Fsp3) is 0.500. The van der Waals surface area contributed by atoms with Gasteiger partial charge in [-0.05, 0) is 11.5 Å². The van der Waals surface area contributed by atoms with E-state index >= 15 is 0 Å². The highest BCUT2D eigenvalue weighted by Crippen LogP contribution is 2.04. The minimum Gasteiger partial charge on any atom is -0.383 e. The zero-order chi connectivity index (χ0) is 15.7. The number of carbonyl (C=O) groups excluding carboxylic acids is 2. The number of ether oxygens (including phenoxy) is 1. The standard InChI is InChI=1S/C16H24N2O3/c1-12(2)15(16(20)17-9-10-21-3)18-14(19)11-13-7-5-4-6-8-13/h4-8,12,15H,9-11H2,1-3H3,(H,17,20)(H,18,19)/t15-/m0/s1. The zero-order valence-electron chi connectivity index (χ0n) is 12.9. The van der Waals surface area contributed by atoms with Gasteiger partial charge in [0.05, 0.1) is 13.0 Å². The molecule has 5 heteroatoms. The van der Waals surface area contributed by atoms with Crippen LogP contribution >= 0.6 is 0 Å². The lowest BCUT2D eigenvalue weighted by Gasteiger charge is -2.21. The van der Waals surface area contributed by atoms with Gasteiger partial charge in [-0.15, -0.1) is 0 Å². The first-order valence-electron chi connectivity index (χ1n) is 7.14. The number of carbonyl (C=O) groups is 2. The molecule has 0 aliphatic carbocycles. The van der Waals surface area contributed by atoms with E-state index in [-0.39, 0.29) is 24.2 Å². The van der Waals surface area contributed by atoms with Gasteiger partial charge in [-0.3, -0.25) is 9.59 Å². The van der Waals surface area contributed by atoms with Crippen molar-refractivity contribution in [2.45, 2.75) is 26.3 Å². The van der Waals surface area contributed by atoms with Crippen molar-refractivity contribution < 1.29 is 14.3 Å². The van der Waals surface area contributed by atoms with Crippen molar-refractivity contribution in [2.24, 2.45) is 5.92 Å². The molecule has 1 atom stereocenters. The quantitative estimate of drug-likeness (QED) is 0.706. The molecule has 0 saturated carbocycles. The highest BCUT2D eigenvalue weighted by Gasteiger charge is 2.23. The third-order valence-corrected chi connectivity index (χ3v) is 3.08. The molecule has 0 spiro atoms. The fourth-order valence-corrected chi connectivity index (χ4v) is 1.93. The van der Waals surface area contributed by atoms with Crippen molar-refractivity contribution in [1.82, 2.24) is 10.6 Å². The molecule has 2 N–H and O–H groups in total. The average molecular weight is 292 g/mol. The van der Waals surface area contributed by atoms with Crippen LogP contribution in [0.15, 0.2) is 30.3 Å². The van der Waals surface area contributed by atoms with Gasteiger partial charge < -0.3 is 15.4 Å². The van der Waals surface area contributed by atoms with Crippen molar-refractivity contribution >= 4 is 11.8 Å². The molecule has 5 nitrogen and oxygen atoms in total. The Labute approximate surface area is 126 Å². The summed E-state index contributed by atoms with van der Waals surface area (Å²) in [7, 11) is 1.58. The first-order chi connectivity index (χ1) is 10.0. The van der Waals surface area contributed by atoms with Crippen LogP contribution in [0.3, 0.4) is 0 Å². The Balaban J connectivity index is 2.53. The molecular formula is C16H24N2O3. The van der Waals surface area contributed by atoms with Crippen molar-refractivity contribution in [1.29, 1.82) is 0 Å². The molecule has 0 saturated heterocycles. The summed E-state index contributed by atoms with van der Waals surface area (Å²) in [5.74, 6) is -0.308. The summed E-state index contributed by atoms with van der Waals surface area (Å²) in [5.41, 5.74) is 0.928. The number of nitrogens with one attached hydrogen (secondary N) is 2. The monoisotopic (exact) mass is 292 g/mol. The van der Waals surface area contributed by atoms with Crippen LogP contribution in [-0.4, -0.2) is 38.1 Å². The van der Waals surface area contributed by atoms with Gasteiger partial charge in [0.15, 0.2) is 0 Å². The number of hydrogen-bond acceptors (Lipinski definition) is 3. The maximum absolute atomic E-state index is 12.1. The van der Waals surface area contributed by atoms with Crippen molar-refractivity contribution in [3.8, 4) is 0 Å². The van der Waals surface area contributed by atoms with Crippen molar-refractivity contribution in [3.05, 3.63) is 35.9 Å². The molecule has 1 aromatic carbocycles. The van der Waals surface area contributed by atoms with E-state index in [2.05, 4.69) is 10.6 Å². The predicted molar refractivity (Wildman–Crippen MR) is 81.8 cm³/mol. The van der Waals surface area contributed by atoms with Crippen LogP contribution in [0.25, 0.3) is 0 Å². The van der Waals surface area contributed by atoms with Gasteiger partial charge in [-0.25, -0.2) is 0 Å². The molecule has 0 radical (unpaired) electrons. The third kappa shape index (κ3) is 6.40. The highest BCUT2D eigenvalue weighted by atomic mass is 16.5. The van der Waals surface area contributed by atoms with Gasteiger partial charge in [-0.2, -0.15) is 0 Å². The van der Waals surface area contributed by atoms with Gasteiger partial charge in [0, 0.05) is 13.7 Å². The van der Waals surface area contributed by atoms with Gasteiger partial charge in [-0.1, -0.05) is 44.2 Å². The van der Waals surface area contributed by atoms with E-state index in [0.717, 1.165) is 5.56 Å². The summed E-state index contributed by atoms with van der Waals surface area (Å²) in [6, 6.07) is 8.94. The maximum atomic E-state index is 12.1. The van der Waals surface area contributed by atoms with E-state index in [0.29, 0.717) is 13.2 Å². The molecule has 21 heavy (non-hydrogen) atoms. The van der Waals surface area contributed by atoms with E-state index in [1.165, 1.54) is 0 Å².